The van der Waals surface area contributed by atoms with Gasteiger partial charge < -0.3 is 19.3 Å². The molecule has 0 unspecified atom stereocenters. The van der Waals surface area contributed by atoms with Crippen molar-refractivity contribution < 1.29 is 24.1 Å². The highest BCUT2D eigenvalue weighted by Crippen LogP contribution is 2.57. The van der Waals surface area contributed by atoms with Crippen molar-refractivity contribution >= 4 is 22.3 Å². The summed E-state index contributed by atoms with van der Waals surface area (Å²) >= 11 is 0. The normalized spacial score (nSPS) is 15.4. The first-order valence-corrected chi connectivity index (χ1v) is 10.9. The summed E-state index contributed by atoms with van der Waals surface area (Å²) in [5.74, 6) is 0.359. The predicted molar refractivity (Wildman–Crippen MR) is 124 cm³/mol. The Bertz CT molecular complexity index is 1240. The fourth-order valence-electron chi connectivity index (χ4n) is 5.03. The van der Waals surface area contributed by atoms with Gasteiger partial charge in [0.05, 0.1) is 25.4 Å². The van der Waals surface area contributed by atoms with Crippen LogP contribution < -0.4 is 4.74 Å². The summed E-state index contributed by atoms with van der Waals surface area (Å²) in [6, 6.07) is 16.7. The van der Waals surface area contributed by atoms with Crippen LogP contribution in [0.2, 0.25) is 0 Å². The first kappa shape index (κ1) is 20.7. The van der Waals surface area contributed by atoms with E-state index in [0.717, 1.165) is 33.2 Å². The molecule has 0 atom stereocenters. The number of benzene rings is 3. The fourth-order valence-corrected chi connectivity index (χ4v) is 5.03. The Hall–Kier alpha value is -3.15. The molecule has 32 heavy (non-hydrogen) atoms. The Labute approximate surface area is 187 Å². The van der Waals surface area contributed by atoms with Crippen LogP contribution in [0.25, 0.3) is 27.5 Å². The standard InChI is InChI=1S/C27H26O5/c1-27(2)21-10-6-5-9-19(21)22-17-7-3-4-8-18(17)25-23(24(22)27)20(11-13-31-25)26(29)32-16-15-30-14-12-28/h3-11,28H,12-16H2,1-2H3. The van der Waals surface area contributed by atoms with Crippen LogP contribution in [-0.4, -0.2) is 44.1 Å². The van der Waals surface area contributed by atoms with Crippen LogP contribution in [0.4, 0.5) is 0 Å². The number of rotatable bonds is 6. The van der Waals surface area contributed by atoms with Crippen molar-refractivity contribution in [2.75, 3.05) is 33.0 Å². The van der Waals surface area contributed by atoms with Crippen molar-refractivity contribution in [3.8, 4) is 16.9 Å². The lowest BCUT2D eigenvalue weighted by molar-refractivity contribution is -0.138. The van der Waals surface area contributed by atoms with Crippen molar-refractivity contribution in [3.05, 3.63) is 71.3 Å². The van der Waals surface area contributed by atoms with Crippen LogP contribution in [0.15, 0.2) is 54.6 Å². The lowest BCUT2D eigenvalue weighted by atomic mass is 9.77. The highest BCUT2D eigenvalue weighted by molar-refractivity contribution is 6.22. The predicted octanol–water partition coefficient (Wildman–Crippen LogP) is 4.47. The third kappa shape index (κ3) is 3.12. The molecule has 2 aliphatic rings. The van der Waals surface area contributed by atoms with E-state index in [0.29, 0.717) is 12.2 Å². The second kappa shape index (κ2) is 8.08. The van der Waals surface area contributed by atoms with Gasteiger partial charge in [-0.05, 0) is 33.7 Å². The Morgan fingerprint density at radius 3 is 2.56 bits per heavy atom. The molecule has 1 aliphatic carbocycles. The average Bonchev–Trinajstić information content (AvgIpc) is 3.06. The second-order valence-electron chi connectivity index (χ2n) is 8.57. The maximum atomic E-state index is 13.2. The first-order valence-electron chi connectivity index (χ1n) is 10.9. The summed E-state index contributed by atoms with van der Waals surface area (Å²) in [7, 11) is 0. The smallest absolute Gasteiger partial charge is 0.338 e. The molecule has 0 aromatic heterocycles. The molecule has 1 heterocycles. The largest absolute Gasteiger partial charge is 0.488 e. The van der Waals surface area contributed by atoms with Crippen molar-refractivity contribution in [3.63, 3.8) is 0 Å². The third-order valence-corrected chi connectivity index (χ3v) is 6.36. The lowest BCUT2D eigenvalue weighted by Crippen LogP contribution is -2.22. The molecule has 3 aromatic carbocycles. The highest BCUT2D eigenvalue weighted by atomic mass is 16.6. The number of carbonyl (C=O) groups excluding carboxylic acids is 1. The number of esters is 1. The van der Waals surface area contributed by atoms with Crippen LogP contribution in [0.1, 0.15) is 30.5 Å². The topological polar surface area (TPSA) is 65.0 Å². The third-order valence-electron chi connectivity index (χ3n) is 6.36. The van der Waals surface area contributed by atoms with Gasteiger partial charge in [0.15, 0.2) is 0 Å². The minimum Gasteiger partial charge on any atom is -0.488 e. The zero-order valence-electron chi connectivity index (χ0n) is 18.3. The maximum Gasteiger partial charge on any atom is 0.338 e. The first-order chi connectivity index (χ1) is 15.6. The van der Waals surface area contributed by atoms with E-state index < -0.39 is 0 Å². The van der Waals surface area contributed by atoms with E-state index in [-0.39, 0.29) is 37.8 Å². The molecule has 0 amide bonds. The molecule has 3 aromatic rings. The minimum absolute atomic E-state index is 0.0569. The molecule has 0 radical (unpaired) electrons. The van der Waals surface area contributed by atoms with E-state index in [1.807, 2.05) is 18.2 Å². The molecule has 0 saturated heterocycles. The van der Waals surface area contributed by atoms with Gasteiger partial charge in [0.2, 0.25) is 0 Å². The van der Waals surface area contributed by atoms with E-state index >= 15 is 0 Å². The number of carbonyl (C=O) groups is 1. The summed E-state index contributed by atoms with van der Waals surface area (Å²) in [5, 5.41) is 11.0. The van der Waals surface area contributed by atoms with E-state index in [2.05, 4.69) is 50.2 Å². The summed E-state index contributed by atoms with van der Waals surface area (Å²) in [6.45, 7) is 5.26. The molecule has 1 aliphatic heterocycles. The molecule has 5 rings (SSSR count). The number of aliphatic hydroxyl groups excluding tert-OH is 1. The number of hydrogen-bond acceptors (Lipinski definition) is 5. The van der Waals surface area contributed by atoms with Crippen LogP contribution in [-0.2, 0) is 19.7 Å². The van der Waals surface area contributed by atoms with Gasteiger partial charge in [-0.15, -0.1) is 0 Å². The van der Waals surface area contributed by atoms with E-state index in [1.165, 1.54) is 11.1 Å². The van der Waals surface area contributed by atoms with E-state index in [4.69, 9.17) is 19.3 Å². The molecule has 1 N–H and O–H groups in total. The minimum atomic E-state index is -0.383. The lowest BCUT2D eigenvalue weighted by Gasteiger charge is -2.29. The van der Waals surface area contributed by atoms with Gasteiger partial charge in [-0.25, -0.2) is 4.79 Å². The molecule has 0 spiro atoms. The quantitative estimate of drug-likeness (QED) is 0.462. The Balaban J connectivity index is 1.67. The summed E-state index contributed by atoms with van der Waals surface area (Å²) in [5.41, 5.74) is 5.77. The fraction of sp³-hybridized carbons (Fsp3) is 0.296. The van der Waals surface area contributed by atoms with Gasteiger partial charge in [0.1, 0.15) is 19.0 Å². The number of hydrogen-bond donors (Lipinski definition) is 1. The van der Waals surface area contributed by atoms with Gasteiger partial charge in [0, 0.05) is 16.4 Å². The maximum absolute atomic E-state index is 13.2. The van der Waals surface area contributed by atoms with E-state index in [9.17, 15) is 4.79 Å². The Morgan fingerprint density at radius 2 is 1.75 bits per heavy atom. The molecule has 0 saturated carbocycles. The molecule has 5 nitrogen and oxygen atoms in total. The molecular formula is C27H26O5. The van der Waals surface area contributed by atoms with Gasteiger partial charge in [-0.1, -0.05) is 62.4 Å². The zero-order valence-corrected chi connectivity index (χ0v) is 18.3. The van der Waals surface area contributed by atoms with Crippen molar-refractivity contribution in [2.24, 2.45) is 0 Å². The molecule has 164 valence electrons. The average molecular weight is 431 g/mol. The van der Waals surface area contributed by atoms with Gasteiger partial charge in [-0.2, -0.15) is 0 Å². The van der Waals surface area contributed by atoms with Crippen molar-refractivity contribution in [1.29, 1.82) is 0 Å². The number of aliphatic hydroxyl groups is 1. The van der Waals surface area contributed by atoms with Gasteiger partial charge >= 0.3 is 5.97 Å². The summed E-state index contributed by atoms with van der Waals surface area (Å²) < 4.78 is 16.9. The van der Waals surface area contributed by atoms with Crippen molar-refractivity contribution in [2.45, 2.75) is 19.3 Å². The van der Waals surface area contributed by atoms with Gasteiger partial charge in [-0.3, -0.25) is 0 Å². The molecule has 0 fully saturated rings. The van der Waals surface area contributed by atoms with Gasteiger partial charge in [0.25, 0.3) is 0 Å². The van der Waals surface area contributed by atoms with Crippen molar-refractivity contribution in [1.82, 2.24) is 0 Å². The van der Waals surface area contributed by atoms with Crippen LogP contribution in [0, 0.1) is 0 Å². The van der Waals surface area contributed by atoms with Crippen LogP contribution in [0.3, 0.4) is 0 Å². The Morgan fingerprint density at radius 1 is 1.00 bits per heavy atom. The molecular weight excluding hydrogens is 404 g/mol. The number of ether oxygens (including phenoxy) is 3. The van der Waals surface area contributed by atoms with Crippen LogP contribution >= 0.6 is 0 Å². The SMILES string of the molecule is CC1(C)c2ccccc2-c2c1c1c(c3ccccc23)OCC=C1C(=O)OCCOCCO. The Kier molecular flexibility index (Phi) is 5.24. The second-order valence-corrected chi connectivity index (χ2v) is 8.57. The highest BCUT2D eigenvalue weighted by Gasteiger charge is 2.42. The number of fused-ring (bicyclic) bond motifs is 8. The zero-order chi connectivity index (χ0) is 22.3. The molecule has 0 bridgehead atoms. The van der Waals surface area contributed by atoms with Crippen LogP contribution in [0.5, 0.6) is 5.75 Å². The monoisotopic (exact) mass is 430 g/mol. The summed E-state index contributed by atoms with van der Waals surface area (Å²) in [6.07, 6.45) is 1.81. The summed E-state index contributed by atoms with van der Waals surface area (Å²) in [4.78, 5) is 13.2. The van der Waals surface area contributed by atoms with E-state index in [1.54, 1.807) is 0 Å². The molecule has 5 heteroatoms.